The summed E-state index contributed by atoms with van der Waals surface area (Å²) in [7, 11) is 0. The summed E-state index contributed by atoms with van der Waals surface area (Å²) in [6.45, 7) is 0.645. The fraction of sp³-hybridized carbons (Fsp3) is 0.143. The molecule has 2 aromatic carbocycles. The quantitative estimate of drug-likeness (QED) is 0.738. The maximum atomic E-state index is 9.70. The zero-order valence-electron chi connectivity index (χ0n) is 10.1. The van der Waals surface area contributed by atoms with E-state index in [0.717, 1.165) is 11.4 Å². The van der Waals surface area contributed by atoms with Gasteiger partial charge in [-0.2, -0.15) is 0 Å². The lowest BCUT2D eigenvalue weighted by molar-refractivity contribution is 0.174. The van der Waals surface area contributed by atoms with Crippen molar-refractivity contribution in [2.45, 2.75) is 6.54 Å². The highest BCUT2D eigenvalue weighted by Crippen LogP contribution is 2.35. The van der Waals surface area contributed by atoms with Gasteiger partial charge in [0, 0.05) is 23.9 Å². The summed E-state index contributed by atoms with van der Waals surface area (Å²) in [5.41, 5.74) is 1.48. The van der Waals surface area contributed by atoms with Crippen LogP contribution in [-0.2, 0) is 6.54 Å². The summed E-state index contributed by atoms with van der Waals surface area (Å²) in [5.74, 6) is 1.21. The van der Waals surface area contributed by atoms with Crippen molar-refractivity contribution in [2.75, 3.05) is 12.1 Å². The molecule has 19 heavy (non-hydrogen) atoms. The van der Waals surface area contributed by atoms with Gasteiger partial charge >= 0.3 is 0 Å². The minimum atomic E-state index is -0.120. The molecule has 0 aromatic heterocycles. The highest BCUT2D eigenvalue weighted by atomic mass is 16.7. The third-order valence-corrected chi connectivity index (χ3v) is 2.95. The van der Waals surface area contributed by atoms with Gasteiger partial charge in [0.25, 0.3) is 0 Å². The van der Waals surface area contributed by atoms with E-state index in [1.807, 2.05) is 18.2 Å². The number of nitrogens with one attached hydrogen (secondary N) is 1. The molecule has 2 aromatic rings. The molecule has 98 valence electrons. The largest absolute Gasteiger partial charge is 0.504 e. The van der Waals surface area contributed by atoms with Gasteiger partial charge in [-0.3, -0.25) is 0 Å². The van der Waals surface area contributed by atoms with Crippen LogP contribution in [-0.4, -0.2) is 17.0 Å². The molecule has 0 atom stereocenters. The van der Waals surface area contributed by atoms with Crippen molar-refractivity contribution in [2.24, 2.45) is 0 Å². The fourth-order valence-electron chi connectivity index (χ4n) is 1.92. The van der Waals surface area contributed by atoms with Crippen LogP contribution in [0.15, 0.2) is 36.4 Å². The third-order valence-electron chi connectivity index (χ3n) is 2.95. The number of hydrogen-bond acceptors (Lipinski definition) is 5. The molecule has 0 spiro atoms. The summed E-state index contributed by atoms with van der Waals surface area (Å²) in [6.07, 6.45) is 0. The van der Waals surface area contributed by atoms with E-state index in [-0.39, 0.29) is 18.3 Å². The maximum absolute atomic E-state index is 9.70. The van der Waals surface area contributed by atoms with E-state index in [4.69, 9.17) is 9.47 Å². The second-order valence-corrected chi connectivity index (χ2v) is 4.21. The molecule has 3 rings (SSSR count). The molecule has 0 saturated heterocycles. The second kappa shape index (κ2) is 4.61. The Morgan fingerprint density at radius 3 is 2.79 bits per heavy atom. The van der Waals surface area contributed by atoms with Crippen LogP contribution in [0.2, 0.25) is 0 Å². The Balaban J connectivity index is 1.74. The highest BCUT2D eigenvalue weighted by molar-refractivity contribution is 5.56. The lowest BCUT2D eigenvalue weighted by atomic mass is 10.2. The zero-order chi connectivity index (χ0) is 13.2. The van der Waals surface area contributed by atoms with Crippen molar-refractivity contribution in [3.8, 4) is 23.0 Å². The Hall–Kier alpha value is -2.56. The van der Waals surface area contributed by atoms with Crippen LogP contribution in [0.4, 0.5) is 5.69 Å². The van der Waals surface area contributed by atoms with E-state index in [0.29, 0.717) is 17.9 Å². The topological polar surface area (TPSA) is 71.0 Å². The highest BCUT2D eigenvalue weighted by Gasteiger charge is 2.13. The standard InChI is InChI=1S/C14H13NO4/c16-11-3-1-2-9(14(11)17)7-15-10-4-5-12-13(6-10)19-8-18-12/h1-6,15-17H,7-8H2. The van der Waals surface area contributed by atoms with Crippen molar-refractivity contribution in [3.05, 3.63) is 42.0 Å². The molecule has 0 fully saturated rings. The number of fused-ring (bicyclic) bond motifs is 1. The lowest BCUT2D eigenvalue weighted by Crippen LogP contribution is -1.99. The number of phenolic OH excluding ortho intramolecular Hbond substituents is 2. The summed E-state index contributed by atoms with van der Waals surface area (Å²) < 4.78 is 10.5. The first-order valence-corrected chi connectivity index (χ1v) is 5.87. The number of benzene rings is 2. The van der Waals surface area contributed by atoms with Crippen LogP contribution in [0.1, 0.15) is 5.56 Å². The molecule has 3 N–H and O–H groups in total. The van der Waals surface area contributed by atoms with Crippen molar-refractivity contribution in [3.63, 3.8) is 0 Å². The van der Waals surface area contributed by atoms with Crippen molar-refractivity contribution in [1.29, 1.82) is 0 Å². The Labute approximate surface area is 110 Å². The average molecular weight is 259 g/mol. The van der Waals surface area contributed by atoms with E-state index < -0.39 is 0 Å². The first-order chi connectivity index (χ1) is 9.24. The Morgan fingerprint density at radius 1 is 1.05 bits per heavy atom. The zero-order valence-corrected chi connectivity index (χ0v) is 10.1. The molecule has 1 aliphatic heterocycles. The van der Waals surface area contributed by atoms with E-state index in [2.05, 4.69) is 5.32 Å². The number of aromatic hydroxyl groups is 2. The molecule has 1 aliphatic rings. The summed E-state index contributed by atoms with van der Waals surface area (Å²) >= 11 is 0. The van der Waals surface area contributed by atoms with Gasteiger partial charge in [-0.05, 0) is 18.2 Å². The van der Waals surface area contributed by atoms with Crippen molar-refractivity contribution >= 4 is 5.69 Å². The number of anilines is 1. The molecule has 1 heterocycles. The van der Waals surface area contributed by atoms with Gasteiger partial charge in [0.2, 0.25) is 6.79 Å². The molecule has 0 saturated carbocycles. The van der Waals surface area contributed by atoms with Crippen LogP contribution < -0.4 is 14.8 Å². The molecular formula is C14H13NO4. The van der Waals surface area contributed by atoms with E-state index in [1.54, 1.807) is 12.1 Å². The number of rotatable bonds is 3. The smallest absolute Gasteiger partial charge is 0.231 e. The van der Waals surface area contributed by atoms with Crippen LogP contribution in [0.5, 0.6) is 23.0 Å². The van der Waals surface area contributed by atoms with Gasteiger partial charge in [-0.15, -0.1) is 0 Å². The first-order valence-electron chi connectivity index (χ1n) is 5.87. The second-order valence-electron chi connectivity index (χ2n) is 4.21. The molecular weight excluding hydrogens is 246 g/mol. The average Bonchev–Trinajstić information content (AvgIpc) is 2.88. The fourth-order valence-corrected chi connectivity index (χ4v) is 1.92. The third kappa shape index (κ3) is 2.22. The molecule has 5 nitrogen and oxygen atoms in total. The molecule has 0 radical (unpaired) electrons. The van der Waals surface area contributed by atoms with Gasteiger partial charge in [-0.1, -0.05) is 12.1 Å². The molecule has 0 aliphatic carbocycles. The summed E-state index contributed by atoms with van der Waals surface area (Å²) in [4.78, 5) is 0. The van der Waals surface area contributed by atoms with Gasteiger partial charge in [0.1, 0.15) is 0 Å². The van der Waals surface area contributed by atoms with Crippen molar-refractivity contribution < 1.29 is 19.7 Å². The predicted octanol–water partition coefficient (Wildman–Crippen LogP) is 2.44. The van der Waals surface area contributed by atoms with Crippen LogP contribution >= 0.6 is 0 Å². The molecule has 0 amide bonds. The van der Waals surface area contributed by atoms with E-state index in [9.17, 15) is 10.2 Å². The van der Waals surface area contributed by atoms with E-state index in [1.165, 1.54) is 6.07 Å². The van der Waals surface area contributed by atoms with Gasteiger partial charge < -0.3 is 25.0 Å². The number of phenols is 2. The van der Waals surface area contributed by atoms with Gasteiger partial charge in [-0.25, -0.2) is 0 Å². The molecule has 5 heteroatoms. The minimum Gasteiger partial charge on any atom is -0.504 e. The summed E-state index contributed by atoms with van der Waals surface area (Å²) in [5, 5.41) is 22.3. The van der Waals surface area contributed by atoms with Gasteiger partial charge in [0.15, 0.2) is 23.0 Å². The Kier molecular flexibility index (Phi) is 2.79. The van der Waals surface area contributed by atoms with Crippen molar-refractivity contribution in [1.82, 2.24) is 0 Å². The van der Waals surface area contributed by atoms with Crippen LogP contribution in [0, 0.1) is 0 Å². The van der Waals surface area contributed by atoms with E-state index >= 15 is 0 Å². The van der Waals surface area contributed by atoms with Crippen LogP contribution in [0.3, 0.4) is 0 Å². The first kappa shape index (κ1) is 11.5. The number of para-hydroxylation sites is 1. The number of hydrogen-bond donors (Lipinski definition) is 3. The Morgan fingerprint density at radius 2 is 1.89 bits per heavy atom. The normalized spacial score (nSPS) is 12.4. The summed E-state index contributed by atoms with van der Waals surface area (Å²) in [6, 6.07) is 10.4. The minimum absolute atomic E-state index is 0.101. The predicted molar refractivity (Wildman–Crippen MR) is 69.7 cm³/mol. The monoisotopic (exact) mass is 259 g/mol. The molecule has 0 unspecified atom stereocenters. The van der Waals surface area contributed by atoms with Gasteiger partial charge in [0.05, 0.1) is 0 Å². The lowest BCUT2D eigenvalue weighted by Gasteiger charge is -2.09. The molecule has 0 bridgehead atoms. The van der Waals surface area contributed by atoms with Crippen LogP contribution in [0.25, 0.3) is 0 Å². The Bertz CT molecular complexity index is 612. The SMILES string of the molecule is Oc1cccc(CNc2ccc3c(c2)OCO3)c1O. The maximum Gasteiger partial charge on any atom is 0.231 e. The number of ether oxygens (including phenoxy) is 2.